The standard InChI is InChI=1S/C16H20N/c1-16(2,3)14-10-13-7-4-6-12-8-5-9-17(11-14)15(12)13/h4,6-7,10-11H,5,8-9H2,1-3H3/q+1. The first-order valence-electron chi connectivity index (χ1n) is 6.51. The summed E-state index contributed by atoms with van der Waals surface area (Å²) in [5, 5.41) is 1.40. The van der Waals surface area contributed by atoms with Crippen molar-refractivity contribution in [2.75, 3.05) is 0 Å². The number of hydrogen-bond acceptors (Lipinski definition) is 0. The minimum atomic E-state index is 0.227. The molecule has 0 fully saturated rings. The summed E-state index contributed by atoms with van der Waals surface area (Å²) in [6.45, 7) is 8.02. The van der Waals surface area contributed by atoms with Crippen LogP contribution >= 0.6 is 0 Å². The molecule has 1 aliphatic rings. The highest BCUT2D eigenvalue weighted by Gasteiger charge is 2.24. The average Bonchev–Trinajstić information content (AvgIpc) is 2.28. The van der Waals surface area contributed by atoms with Crippen LogP contribution in [0, 0.1) is 0 Å². The molecule has 1 aromatic carbocycles. The highest BCUT2D eigenvalue weighted by Crippen LogP contribution is 2.26. The summed E-state index contributed by atoms with van der Waals surface area (Å²) >= 11 is 0. The van der Waals surface area contributed by atoms with E-state index < -0.39 is 0 Å². The Labute approximate surface area is 103 Å². The van der Waals surface area contributed by atoms with Gasteiger partial charge in [0.25, 0.3) is 0 Å². The van der Waals surface area contributed by atoms with Crippen molar-refractivity contribution in [1.82, 2.24) is 0 Å². The first-order chi connectivity index (χ1) is 8.05. The summed E-state index contributed by atoms with van der Waals surface area (Å²) in [6, 6.07) is 9.07. The van der Waals surface area contributed by atoms with Gasteiger partial charge in [-0.3, -0.25) is 0 Å². The third kappa shape index (κ3) is 1.74. The highest BCUT2D eigenvalue weighted by atomic mass is 15.0. The van der Waals surface area contributed by atoms with Gasteiger partial charge in [0.05, 0.1) is 0 Å². The molecule has 17 heavy (non-hydrogen) atoms. The molecule has 0 radical (unpaired) electrons. The molecule has 0 spiro atoms. The summed E-state index contributed by atoms with van der Waals surface area (Å²) in [7, 11) is 0. The summed E-state index contributed by atoms with van der Waals surface area (Å²) in [5.74, 6) is 0. The van der Waals surface area contributed by atoms with Gasteiger partial charge in [0.1, 0.15) is 6.54 Å². The van der Waals surface area contributed by atoms with Crippen LogP contribution in [-0.2, 0) is 18.4 Å². The fourth-order valence-corrected chi connectivity index (χ4v) is 2.74. The predicted molar refractivity (Wildman–Crippen MR) is 71.2 cm³/mol. The zero-order chi connectivity index (χ0) is 12.0. The van der Waals surface area contributed by atoms with Crippen molar-refractivity contribution >= 4 is 10.9 Å². The van der Waals surface area contributed by atoms with E-state index in [1.165, 1.54) is 34.9 Å². The van der Waals surface area contributed by atoms with E-state index in [1.807, 2.05) is 0 Å². The molecule has 0 saturated carbocycles. The third-order valence-corrected chi connectivity index (χ3v) is 3.76. The molecule has 1 aliphatic heterocycles. The quantitative estimate of drug-likeness (QED) is 0.606. The molecular weight excluding hydrogens is 206 g/mol. The average molecular weight is 226 g/mol. The SMILES string of the molecule is CC(C)(C)c1cc2cccc3c2[n+](c1)CCC3. The molecule has 0 amide bonds. The molecule has 1 aromatic heterocycles. The second-order valence-corrected chi connectivity index (χ2v) is 6.13. The molecule has 3 rings (SSSR count). The minimum absolute atomic E-state index is 0.227. The molecule has 0 N–H and O–H groups in total. The van der Waals surface area contributed by atoms with Gasteiger partial charge in [0.2, 0.25) is 5.52 Å². The molecule has 0 aliphatic carbocycles. The number of para-hydroxylation sites is 1. The van der Waals surface area contributed by atoms with E-state index in [2.05, 4.69) is 55.8 Å². The molecule has 2 aromatic rings. The summed E-state index contributed by atoms with van der Waals surface area (Å²) in [5.41, 5.74) is 4.62. The lowest BCUT2D eigenvalue weighted by Gasteiger charge is -2.20. The van der Waals surface area contributed by atoms with Gasteiger partial charge >= 0.3 is 0 Å². The van der Waals surface area contributed by atoms with Gasteiger partial charge < -0.3 is 0 Å². The molecule has 1 heteroatoms. The third-order valence-electron chi connectivity index (χ3n) is 3.76. The molecule has 0 atom stereocenters. The number of nitrogens with zero attached hydrogens (tertiary/aromatic N) is 1. The van der Waals surface area contributed by atoms with Crippen LogP contribution in [0.1, 0.15) is 38.3 Å². The number of rotatable bonds is 0. The van der Waals surface area contributed by atoms with Gasteiger partial charge in [-0.2, -0.15) is 4.57 Å². The Bertz CT molecular complexity index is 576. The van der Waals surface area contributed by atoms with E-state index in [0.29, 0.717) is 0 Å². The van der Waals surface area contributed by atoms with E-state index in [0.717, 1.165) is 6.54 Å². The molecule has 0 bridgehead atoms. The molecule has 2 heterocycles. The van der Waals surface area contributed by atoms with Crippen molar-refractivity contribution in [2.45, 2.75) is 45.6 Å². The Balaban J connectivity index is 2.34. The molecule has 88 valence electrons. The summed E-state index contributed by atoms with van der Waals surface area (Å²) < 4.78 is 2.45. The topological polar surface area (TPSA) is 3.88 Å². The lowest BCUT2D eigenvalue weighted by atomic mass is 9.86. The second-order valence-electron chi connectivity index (χ2n) is 6.13. The van der Waals surface area contributed by atoms with Crippen molar-refractivity contribution in [3.05, 3.63) is 41.6 Å². The van der Waals surface area contributed by atoms with E-state index in [1.54, 1.807) is 0 Å². The van der Waals surface area contributed by atoms with E-state index in [4.69, 9.17) is 0 Å². The largest absolute Gasteiger partial charge is 0.215 e. The van der Waals surface area contributed by atoms with Gasteiger partial charge in [-0.15, -0.1) is 0 Å². The Hall–Kier alpha value is -1.37. The Morgan fingerprint density at radius 1 is 1.18 bits per heavy atom. The van der Waals surface area contributed by atoms with Crippen LogP contribution < -0.4 is 4.57 Å². The zero-order valence-corrected chi connectivity index (χ0v) is 11.0. The van der Waals surface area contributed by atoms with Gasteiger partial charge in [-0.25, -0.2) is 0 Å². The van der Waals surface area contributed by atoms with Gasteiger partial charge in [0.15, 0.2) is 6.20 Å². The van der Waals surface area contributed by atoms with Crippen LogP contribution in [0.25, 0.3) is 10.9 Å². The normalized spacial score (nSPS) is 15.2. The second kappa shape index (κ2) is 3.56. The molecular formula is C16H20N+. The number of aromatic nitrogens is 1. The lowest BCUT2D eigenvalue weighted by Crippen LogP contribution is -2.39. The van der Waals surface area contributed by atoms with Crippen LogP contribution in [0.5, 0.6) is 0 Å². The van der Waals surface area contributed by atoms with Gasteiger partial charge in [-0.05, 0) is 24.0 Å². The molecule has 0 saturated heterocycles. The van der Waals surface area contributed by atoms with Crippen molar-refractivity contribution < 1.29 is 4.57 Å². The van der Waals surface area contributed by atoms with Gasteiger partial charge in [0, 0.05) is 22.9 Å². The predicted octanol–water partition coefficient (Wildman–Crippen LogP) is 3.37. The van der Waals surface area contributed by atoms with Crippen LogP contribution in [0.2, 0.25) is 0 Å². The number of benzene rings is 1. The Morgan fingerprint density at radius 3 is 2.76 bits per heavy atom. The maximum Gasteiger partial charge on any atom is 0.215 e. The van der Waals surface area contributed by atoms with Crippen LogP contribution in [0.3, 0.4) is 0 Å². The maximum absolute atomic E-state index is 2.45. The number of hydrogen-bond donors (Lipinski definition) is 0. The van der Waals surface area contributed by atoms with Crippen molar-refractivity contribution in [2.24, 2.45) is 0 Å². The lowest BCUT2D eigenvalue weighted by molar-refractivity contribution is -0.675. The Morgan fingerprint density at radius 2 is 2.00 bits per heavy atom. The van der Waals surface area contributed by atoms with Crippen LogP contribution in [0.15, 0.2) is 30.5 Å². The molecule has 1 nitrogen and oxygen atoms in total. The smallest absolute Gasteiger partial charge is 0.198 e. The minimum Gasteiger partial charge on any atom is -0.198 e. The monoisotopic (exact) mass is 226 g/mol. The van der Waals surface area contributed by atoms with E-state index >= 15 is 0 Å². The number of pyridine rings is 1. The number of aryl methyl sites for hydroxylation is 2. The highest BCUT2D eigenvalue weighted by molar-refractivity contribution is 5.79. The fourth-order valence-electron chi connectivity index (χ4n) is 2.74. The van der Waals surface area contributed by atoms with Crippen molar-refractivity contribution in [3.8, 4) is 0 Å². The first-order valence-corrected chi connectivity index (χ1v) is 6.51. The van der Waals surface area contributed by atoms with Crippen LogP contribution in [-0.4, -0.2) is 0 Å². The summed E-state index contributed by atoms with van der Waals surface area (Å²) in [6.07, 6.45) is 4.85. The van der Waals surface area contributed by atoms with E-state index in [9.17, 15) is 0 Å². The van der Waals surface area contributed by atoms with Crippen LogP contribution in [0.4, 0.5) is 0 Å². The van der Waals surface area contributed by atoms with E-state index in [-0.39, 0.29) is 5.41 Å². The van der Waals surface area contributed by atoms with Gasteiger partial charge in [-0.1, -0.05) is 32.9 Å². The zero-order valence-electron chi connectivity index (χ0n) is 11.0. The first kappa shape index (κ1) is 10.8. The summed E-state index contributed by atoms with van der Waals surface area (Å²) in [4.78, 5) is 0. The van der Waals surface area contributed by atoms with Crippen molar-refractivity contribution in [1.29, 1.82) is 0 Å². The fraction of sp³-hybridized carbons (Fsp3) is 0.438. The van der Waals surface area contributed by atoms with Crippen molar-refractivity contribution in [3.63, 3.8) is 0 Å². The maximum atomic E-state index is 2.45. The molecule has 0 unspecified atom stereocenters. The Kier molecular flexibility index (Phi) is 2.25.